The highest BCUT2D eigenvalue weighted by molar-refractivity contribution is 7.90. The number of aromatic nitrogens is 3. The lowest BCUT2D eigenvalue weighted by atomic mass is 9.89. The lowest BCUT2D eigenvalue weighted by Crippen LogP contribution is -2.49. The fraction of sp³-hybridized carbons (Fsp3) is 0.478. The molecule has 0 amide bonds. The molecular formula is C23H27N3O4S. The largest absolute Gasteiger partial charge is 0.609 e. The third-order valence-electron chi connectivity index (χ3n) is 6.17. The van der Waals surface area contributed by atoms with Crippen molar-refractivity contribution in [2.24, 2.45) is 5.92 Å². The molecule has 2 aliphatic rings. The molecule has 1 aromatic carbocycles. The minimum absolute atomic E-state index is 0.274. The molecule has 1 atom stereocenters. The van der Waals surface area contributed by atoms with Crippen LogP contribution in [0.25, 0.3) is 11.0 Å². The standard InChI is InChI=1S/C23H27N3O4S/c1-16-20(15-31(27)22-25-18-5-2-3-6-19(18)26-22)24-11-7-21(16)28-12-8-17-13-29-23(30-14-17)9-4-10-23/h2-3,5-7,11,17H,4,8-10,12-15H2,1H3,(H,25,26). The number of benzene rings is 1. The van der Waals surface area contributed by atoms with Crippen molar-refractivity contribution in [3.05, 3.63) is 47.8 Å². The second-order valence-corrected chi connectivity index (χ2v) is 9.69. The van der Waals surface area contributed by atoms with Crippen LogP contribution in [0.5, 0.6) is 5.75 Å². The van der Waals surface area contributed by atoms with Crippen molar-refractivity contribution in [3.8, 4) is 5.75 Å². The van der Waals surface area contributed by atoms with Gasteiger partial charge in [-0.2, -0.15) is 4.98 Å². The van der Waals surface area contributed by atoms with E-state index in [0.717, 1.165) is 60.5 Å². The van der Waals surface area contributed by atoms with Gasteiger partial charge < -0.3 is 18.8 Å². The van der Waals surface area contributed by atoms with Crippen molar-refractivity contribution < 1.29 is 18.8 Å². The first kappa shape index (κ1) is 20.8. The maximum absolute atomic E-state index is 12.9. The Hall–Kier alpha value is -2.13. The maximum Gasteiger partial charge on any atom is 0.322 e. The third-order valence-corrected chi connectivity index (χ3v) is 7.33. The number of nitrogens with one attached hydrogen (secondary N) is 1. The molecule has 1 unspecified atom stereocenters. The molecule has 1 spiro atoms. The lowest BCUT2D eigenvalue weighted by Gasteiger charge is -2.46. The number of pyridine rings is 1. The zero-order valence-corrected chi connectivity index (χ0v) is 18.5. The number of ether oxygens (including phenoxy) is 3. The first-order chi connectivity index (χ1) is 15.1. The van der Waals surface area contributed by atoms with Gasteiger partial charge in [0.05, 0.1) is 36.5 Å². The summed E-state index contributed by atoms with van der Waals surface area (Å²) in [6, 6.07) is 9.53. The first-order valence-corrected chi connectivity index (χ1v) is 12.1. The number of H-pyrrole nitrogens is 1. The van der Waals surface area contributed by atoms with Crippen LogP contribution in [0.1, 0.15) is 36.9 Å². The van der Waals surface area contributed by atoms with Crippen LogP contribution in [0.15, 0.2) is 41.7 Å². The van der Waals surface area contributed by atoms with Gasteiger partial charge in [0.25, 0.3) is 0 Å². The number of para-hydroxylation sites is 2. The average Bonchev–Trinajstić information content (AvgIpc) is 3.20. The third kappa shape index (κ3) is 4.43. The van der Waals surface area contributed by atoms with Gasteiger partial charge in [0.1, 0.15) is 5.75 Å². The number of hydrogen-bond donors (Lipinski definition) is 1. The molecule has 1 saturated heterocycles. The number of rotatable bonds is 7. The summed E-state index contributed by atoms with van der Waals surface area (Å²) in [6.07, 6.45) is 5.81. The minimum Gasteiger partial charge on any atom is -0.609 e. The van der Waals surface area contributed by atoms with Crippen LogP contribution in [0.3, 0.4) is 0 Å². The van der Waals surface area contributed by atoms with Crippen molar-refractivity contribution >= 4 is 22.2 Å². The van der Waals surface area contributed by atoms with E-state index >= 15 is 0 Å². The van der Waals surface area contributed by atoms with E-state index in [1.54, 1.807) is 6.20 Å². The molecule has 1 N–H and O–H groups in total. The smallest absolute Gasteiger partial charge is 0.322 e. The molecule has 8 heteroatoms. The van der Waals surface area contributed by atoms with Gasteiger partial charge in [-0.15, -0.1) is 0 Å². The van der Waals surface area contributed by atoms with Gasteiger partial charge in [0, 0.05) is 41.7 Å². The normalized spacial score (nSPS) is 19.4. The molecule has 1 aliphatic heterocycles. The van der Waals surface area contributed by atoms with Crippen LogP contribution in [0, 0.1) is 12.8 Å². The van der Waals surface area contributed by atoms with Crippen LogP contribution < -0.4 is 4.74 Å². The van der Waals surface area contributed by atoms with Crippen molar-refractivity contribution in [3.63, 3.8) is 0 Å². The van der Waals surface area contributed by atoms with Crippen LogP contribution in [-0.4, -0.2) is 45.1 Å². The predicted molar refractivity (Wildman–Crippen MR) is 117 cm³/mol. The molecule has 3 heterocycles. The Labute approximate surface area is 184 Å². The van der Waals surface area contributed by atoms with E-state index in [0.29, 0.717) is 17.7 Å². The fourth-order valence-electron chi connectivity index (χ4n) is 3.98. The van der Waals surface area contributed by atoms with E-state index < -0.39 is 11.2 Å². The zero-order chi connectivity index (χ0) is 21.3. The van der Waals surface area contributed by atoms with Crippen molar-refractivity contribution in [2.45, 2.75) is 49.3 Å². The van der Waals surface area contributed by atoms with Crippen molar-refractivity contribution in [1.29, 1.82) is 0 Å². The lowest BCUT2D eigenvalue weighted by molar-refractivity contribution is -0.317. The highest BCUT2D eigenvalue weighted by Crippen LogP contribution is 2.40. The number of hydrogen-bond acceptors (Lipinski definition) is 6. The number of fused-ring (bicyclic) bond motifs is 1. The molecule has 5 rings (SSSR count). The maximum atomic E-state index is 12.9. The van der Waals surface area contributed by atoms with Crippen molar-refractivity contribution in [2.75, 3.05) is 19.8 Å². The summed E-state index contributed by atoms with van der Waals surface area (Å²) in [5.74, 6) is 1.15. The monoisotopic (exact) mass is 441 g/mol. The topological polar surface area (TPSA) is 92.3 Å². The first-order valence-electron chi connectivity index (χ1n) is 10.8. The van der Waals surface area contributed by atoms with E-state index in [1.165, 1.54) is 6.42 Å². The molecular weight excluding hydrogens is 414 g/mol. The summed E-state index contributed by atoms with van der Waals surface area (Å²) in [5, 5.41) is 0.468. The average molecular weight is 442 g/mol. The Balaban J connectivity index is 1.17. The minimum atomic E-state index is -1.32. The number of nitrogens with zero attached hydrogens (tertiary/aromatic N) is 2. The summed E-state index contributed by atoms with van der Waals surface area (Å²) >= 11 is -1.32. The summed E-state index contributed by atoms with van der Waals surface area (Å²) in [4.78, 5) is 12.0. The molecule has 2 aromatic heterocycles. The Kier molecular flexibility index (Phi) is 5.88. The van der Waals surface area contributed by atoms with E-state index in [2.05, 4.69) is 15.0 Å². The molecule has 1 saturated carbocycles. The summed E-state index contributed by atoms with van der Waals surface area (Å²) in [7, 11) is 0. The van der Waals surface area contributed by atoms with E-state index in [9.17, 15) is 4.55 Å². The van der Waals surface area contributed by atoms with Gasteiger partial charge in [0.2, 0.25) is 0 Å². The van der Waals surface area contributed by atoms with Gasteiger partial charge >= 0.3 is 5.16 Å². The fourth-order valence-corrected chi connectivity index (χ4v) is 5.08. The second-order valence-electron chi connectivity index (χ2n) is 8.32. The van der Waals surface area contributed by atoms with Crippen LogP contribution in [-0.2, 0) is 26.4 Å². The summed E-state index contributed by atoms with van der Waals surface area (Å²) in [6.45, 7) is 4.02. The molecule has 7 nitrogen and oxygen atoms in total. The number of aromatic amines is 1. The van der Waals surface area contributed by atoms with E-state index in [4.69, 9.17) is 14.2 Å². The molecule has 0 radical (unpaired) electrons. The van der Waals surface area contributed by atoms with Gasteiger partial charge in [-0.05, 0) is 38.0 Å². The van der Waals surface area contributed by atoms with Gasteiger partial charge in [-0.25, -0.2) is 0 Å². The predicted octanol–water partition coefficient (Wildman–Crippen LogP) is 3.89. The van der Waals surface area contributed by atoms with E-state index in [1.807, 2.05) is 37.3 Å². The Bertz CT molecular complexity index is 1010. The van der Waals surface area contributed by atoms with Gasteiger partial charge in [-0.1, -0.05) is 12.1 Å². The second kappa shape index (κ2) is 8.78. The molecule has 1 aliphatic carbocycles. The molecule has 31 heavy (non-hydrogen) atoms. The number of imidazole rings is 1. The quantitative estimate of drug-likeness (QED) is 0.559. The SMILES string of the molecule is Cc1c(OCCC2COC3(CCC3)OC2)ccnc1C[S+]([O-])c1nc2ccccc2[nH]1. The highest BCUT2D eigenvalue weighted by atomic mass is 32.2. The Morgan fingerprint density at radius 3 is 2.77 bits per heavy atom. The molecule has 3 aromatic rings. The zero-order valence-electron chi connectivity index (χ0n) is 17.6. The van der Waals surface area contributed by atoms with Crippen molar-refractivity contribution in [1.82, 2.24) is 15.0 Å². The summed E-state index contributed by atoms with van der Waals surface area (Å²) in [5.41, 5.74) is 3.36. The van der Waals surface area contributed by atoms with Gasteiger partial charge in [0.15, 0.2) is 11.5 Å². The van der Waals surface area contributed by atoms with Crippen LogP contribution >= 0.6 is 0 Å². The Morgan fingerprint density at radius 1 is 1.23 bits per heavy atom. The van der Waals surface area contributed by atoms with Gasteiger partial charge in [-0.3, -0.25) is 9.97 Å². The highest BCUT2D eigenvalue weighted by Gasteiger charge is 2.42. The Morgan fingerprint density at radius 2 is 2.03 bits per heavy atom. The van der Waals surface area contributed by atoms with E-state index in [-0.39, 0.29) is 11.5 Å². The molecule has 164 valence electrons. The van der Waals surface area contributed by atoms with Crippen LogP contribution in [0.4, 0.5) is 0 Å². The summed E-state index contributed by atoms with van der Waals surface area (Å²) < 4.78 is 30.8. The molecule has 0 bridgehead atoms. The molecule has 2 fully saturated rings. The van der Waals surface area contributed by atoms with Crippen LogP contribution in [0.2, 0.25) is 0 Å².